The Bertz CT molecular complexity index is 1330. The van der Waals surface area contributed by atoms with E-state index < -0.39 is 0 Å². The summed E-state index contributed by atoms with van der Waals surface area (Å²) in [6.07, 6.45) is 0. The number of benzene rings is 3. The highest BCUT2D eigenvalue weighted by Gasteiger charge is 2.18. The molecule has 5 nitrogen and oxygen atoms in total. The van der Waals surface area contributed by atoms with Crippen LogP contribution in [0.3, 0.4) is 0 Å². The molecule has 0 aliphatic heterocycles. The number of carbonyl (C=O) groups is 1. The van der Waals surface area contributed by atoms with Gasteiger partial charge in [-0.3, -0.25) is 9.59 Å². The Hall–Kier alpha value is -3.16. The van der Waals surface area contributed by atoms with Gasteiger partial charge >= 0.3 is 0 Å². The summed E-state index contributed by atoms with van der Waals surface area (Å²) in [5.74, 6) is 0.644. The van der Waals surface area contributed by atoms with Gasteiger partial charge in [0.05, 0.1) is 19.8 Å². The highest BCUT2D eigenvalue weighted by molar-refractivity contribution is 9.10. The molecule has 1 heterocycles. The zero-order valence-electron chi connectivity index (χ0n) is 16.8. The third-order valence-corrected chi connectivity index (χ3v) is 6.42. The third-order valence-electron chi connectivity index (χ3n) is 4.80. The minimum atomic E-state index is -0.342. The lowest BCUT2D eigenvalue weighted by molar-refractivity contribution is 0.102. The number of methoxy groups -OCH3 is 2. The summed E-state index contributed by atoms with van der Waals surface area (Å²) < 4.78 is 12.2. The number of hydrogen-bond acceptors (Lipinski definition) is 5. The number of rotatable bonds is 5. The van der Waals surface area contributed by atoms with Crippen molar-refractivity contribution in [1.82, 2.24) is 0 Å². The summed E-state index contributed by atoms with van der Waals surface area (Å²) in [4.78, 5) is 26.4. The van der Waals surface area contributed by atoms with Crippen LogP contribution in [0.25, 0.3) is 21.2 Å². The molecule has 4 rings (SSSR count). The van der Waals surface area contributed by atoms with Crippen LogP contribution in [0.2, 0.25) is 0 Å². The number of anilines is 1. The zero-order valence-corrected chi connectivity index (χ0v) is 19.2. The molecule has 1 N–H and O–H groups in total. The number of carbonyl (C=O) groups excluding carboxylic acids is 1. The Morgan fingerprint density at radius 2 is 1.65 bits per heavy atom. The zero-order chi connectivity index (χ0) is 22.0. The van der Waals surface area contributed by atoms with Crippen LogP contribution >= 0.6 is 27.3 Å². The molecular formula is C24H18BrNO4S. The summed E-state index contributed by atoms with van der Waals surface area (Å²) in [5, 5.41) is 4.04. The van der Waals surface area contributed by atoms with Gasteiger partial charge in [0.1, 0.15) is 5.00 Å². The van der Waals surface area contributed by atoms with E-state index in [0.717, 1.165) is 14.7 Å². The molecule has 0 radical (unpaired) electrons. The van der Waals surface area contributed by atoms with E-state index in [1.807, 2.05) is 42.5 Å². The van der Waals surface area contributed by atoms with Gasteiger partial charge in [-0.1, -0.05) is 40.2 Å². The van der Waals surface area contributed by atoms with Gasteiger partial charge in [-0.05, 0) is 48.0 Å². The molecule has 0 atom stereocenters. The maximum atomic E-state index is 13.3. The van der Waals surface area contributed by atoms with E-state index in [1.165, 1.54) is 25.6 Å². The first-order valence-electron chi connectivity index (χ1n) is 9.37. The predicted molar refractivity (Wildman–Crippen MR) is 129 cm³/mol. The molecule has 0 saturated carbocycles. The molecule has 156 valence electrons. The summed E-state index contributed by atoms with van der Waals surface area (Å²) in [6.45, 7) is 0. The van der Waals surface area contributed by atoms with E-state index in [1.54, 1.807) is 24.3 Å². The molecule has 4 aromatic rings. The van der Waals surface area contributed by atoms with Crippen molar-refractivity contribution in [2.75, 3.05) is 19.5 Å². The van der Waals surface area contributed by atoms with Gasteiger partial charge in [0.2, 0.25) is 0 Å². The van der Waals surface area contributed by atoms with Gasteiger partial charge in [0.15, 0.2) is 16.9 Å². The molecule has 3 aromatic carbocycles. The fourth-order valence-electron chi connectivity index (χ4n) is 3.26. The fourth-order valence-corrected chi connectivity index (χ4v) is 4.62. The number of ether oxygens (including phenoxy) is 2. The second kappa shape index (κ2) is 8.91. The van der Waals surface area contributed by atoms with Crippen molar-refractivity contribution >= 4 is 48.3 Å². The normalized spacial score (nSPS) is 10.7. The molecule has 31 heavy (non-hydrogen) atoms. The maximum Gasteiger partial charge on any atom is 0.256 e. The Labute approximate surface area is 191 Å². The van der Waals surface area contributed by atoms with E-state index in [0.29, 0.717) is 33.0 Å². The van der Waals surface area contributed by atoms with E-state index in [-0.39, 0.29) is 11.3 Å². The van der Waals surface area contributed by atoms with Crippen molar-refractivity contribution in [2.45, 2.75) is 0 Å². The van der Waals surface area contributed by atoms with E-state index >= 15 is 0 Å². The van der Waals surface area contributed by atoms with Crippen LogP contribution in [0.5, 0.6) is 11.5 Å². The molecule has 0 unspecified atom stereocenters. The summed E-state index contributed by atoms with van der Waals surface area (Å²) in [5.41, 5.74) is 1.47. The van der Waals surface area contributed by atoms with Crippen LogP contribution in [-0.2, 0) is 0 Å². The van der Waals surface area contributed by atoms with Crippen molar-refractivity contribution in [3.05, 3.63) is 87.0 Å². The molecule has 0 fully saturated rings. The molecule has 0 aliphatic rings. The number of fused-ring (bicyclic) bond motifs is 1. The first kappa shape index (κ1) is 21.1. The molecular weight excluding hydrogens is 478 g/mol. The van der Waals surface area contributed by atoms with Crippen LogP contribution in [-0.4, -0.2) is 20.1 Å². The average Bonchev–Trinajstić information content (AvgIpc) is 2.79. The Balaban J connectivity index is 1.83. The standard InChI is InChI=1S/C24H18BrNO4S/c1-29-18-12-9-15(13-19(18)30-2)23(28)26-24-21(14-7-10-16(25)11-8-14)22(27)17-5-3-4-6-20(17)31-24/h3-13H,1-2H3,(H,26,28). The summed E-state index contributed by atoms with van der Waals surface area (Å²) >= 11 is 4.79. The van der Waals surface area contributed by atoms with Crippen LogP contribution in [0.4, 0.5) is 5.00 Å². The highest BCUT2D eigenvalue weighted by atomic mass is 79.9. The Morgan fingerprint density at radius 3 is 2.35 bits per heavy atom. The van der Waals surface area contributed by atoms with Crippen LogP contribution < -0.4 is 20.2 Å². The first-order chi connectivity index (χ1) is 15.0. The minimum absolute atomic E-state index is 0.126. The lowest BCUT2D eigenvalue weighted by atomic mass is 10.1. The summed E-state index contributed by atoms with van der Waals surface area (Å²) in [6, 6.07) is 19.8. The minimum Gasteiger partial charge on any atom is -0.493 e. The van der Waals surface area contributed by atoms with Crippen LogP contribution in [0.15, 0.2) is 76.0 Å². The van der Waals surface area contributed by atoms with Crippen molar-refractivity contribution in [3.63, 3.8) is 0 Å². The van der Waals surface area contributed by atoms with Gasteiger partial charge in [-0.2, -0.15) is 0 Å². The van der Waals surface area contributed by atoms with Crippen molar-refractivity contribution in [1.29, 1.82) is 0 Å². The molecule has 0 aliphatic carbocycles. The van der Waals surface area contributed by atoms with Crippen LogP contribution in [0.1, 0.15) is 10.4 Å². The molecule has 1 amide bonds. The lowest BCUT2D eigenvalue weighted by Crippen LogP contribution is -2.15. The van der Waals surface area contributed by atoms with Gasteiger partial charge in [0, 0.05) is 20.1 Å². The number of amides is 1. The number of nitrogens with one attached hydrogen (secondary N) is 1. The van der Waals surface area contributed by atoms with E-state index in [2.05, 4.69) is 21.2 Å². The third kappa shape index (κ3) is 4.19. The molecule has 1 aromatic heterocycles. The highest BCUT2D eigenvalue weighted by Crippen LogP contribution is 2.35. The Kier molecular flexibility index (Phi) is 6.06. The van der Waals surface area contributed by atoms with Gasteiger partial charge in [0.25, 0.3) is 5.91 Å². The molecule has 0 bridgehead atoms. The largest absolute Gasteiger partial charge is 0.493 e. The second-order valence-corrected chi connectivity index (χ2v) is 8.63. The first-order valence-corrected chi connectivity index (χ1v) is 11.0. The van der Waals surface area contributed by atoms with Crippen LogP contribution in [0, 0.1) is 0 Å². The SMILES string of the molecule is COc1ccc(C(=O)Nc2sc3ccccc3c(=O)c2-c2ccc(Br)cc2)cc1OC. The topological polar surface area (TPSA) is 64.6 Å². The number of halogens is 1. The van der Waals surface area contributed by atoms with E-state index in [4.69, 9.17) is 9.47 Å². The van der Waals surface area contributed by atoms with Crippen molar-refractivity contribution in [2.24, 2.45) is 0 Å². The van der Waals surface area contributed by atoms with Crippen molar-refractivity contribution in [3.8, 4) is 22.6 Å². The molecule has 0 spiro atoms. The van der Waals surface area contributed by atoms with E-state index in [9.17, 15) is 9.59 Å². The quantitative estimate of drug-likeness (QED) is 0.370. The summed E-state index contributed by atoms with van der Waals surface area (Å²) in [7, 11) is 3.05. The predicted octanol–water partition coefficient (Wildman–Crippen LogP) is 5.96. The van der Waals surface area contributed by atoms with Crippen molar-refractivity contribution < 1.29 is 14.3 Å². The van der Waals surface area contributed by atoms with Gasteiger partial charge < -0.3 is 14.8 Å². The monoisotopic (exact) mass is 495 g/mol. The lowest BCUT2D eigenvalue weighted by Gasteiger charge is -2.13. The second-order valence-electron chi connectivity index (χ2n) is 6.66. The maximum absolute atomic E-state index is 13.3. The average molecular weight is 496 g/mol. The smallest absolute Gasteiger partial charge is 0.256 e. The number of hydrogen-bond donors (Lipinski definition) is 1. The van der Waals surface area contributed by atoms with Gasteiger partial charge in [-0.15, -0.1) is 11.3 Å². The molecule has 0 saturated heterocycles. The molecule has 7 heteroatoms. The fraction of sp³-hybridized carbons (Fsp3) is 0.0833. The van der Waals surface area contributed by atoms with Gasteiger partial charge in [-0.25, -0.2) is 0 Å². The Morgan fingerprint density at radius 1 is 0.935 bits per heavy atom.